The molecule has 1 atom stereocenters. The first-order chi connectivity index (χ1) is 16.0. The molecule has 0 amide bonds. The lowest BCUT2D eigenvalue weighted by Gasteiger charge is -2.37. The van der Waals surface area contributed by atoms with Crippen LogP contribution in [0, 0.1) is 6.92 Å². The first-order valence-electron chi connectivity index (χ1n) is 11.8. The van der Waals surface area contributed by atoms with Gasteiger partial charge in [0.2, 0.25) is 0 Å². The third-order valence-corrected chi connectivity index (χ3v) is 7.55. The molecule has 0 saturated carbocycles. The van der Waals surface area contributed by atoms with E-state index >= 15 is 0 Å². The Morgan fingerprint density at radius 2 is 1.76 bits per heavy atom. The summed E-state index contributed by atoms with van der Waals surface area (Å²) in [5.74, 6) is -0.198. The lowest BCUT2D eigenvalue weighted by atomic mass is 9.85. The molecule has 34 heavy (non-hydrogen) atoms. The molecule has 2 aromatic carbocycles. The highest BCUT2D eigenvalue weighted by Gasteiger charge is 2.41. The summed E-state index contributed by atoms with van der Waals surface area (Å²) in [4.78, 5) is 14.3. The zero-order valence-corrected chi connectivity index (χ0v) is 21.6. The van der Waals surface area contributed by atoms with Gasteiger partial charge in [-0.05, 0) is 72.1 Å². The van der Waals surface area contributed by atoms with Crippen molar-refractivity contribution in [3.8, 4) is 5.75 Å². The van der Waals surface area contributed by atoms with Crippen LogP contribution in [0.25, 0.3) is 0 Å². The van der Waals surface area contributed by atoms with Crippen molar-refractivity contribution in [3.63, 3.8) is 0 Å². The number of hydrogen-bond acceptors (Lipinski definition) is 6. The molecule has 5 nitrogen and oxygen atoms in total. The Labute approximate surface area is 206 Å². The molecule has 1 aliphatic rings. The number of ether oxygens (including phenoxy) is 1. The summed E-state index contributed by atoms with van der Waals surface area (Å²) in [6.45, 7) is 10.2. The van der Waals surface area contributed by atoms with Crippen LogP contribution in [0.2, 0.25) is 0 Å². The lowest BCUT2D eigenvalue weighted by molar-refractivity contribution is -0.159. The smallest absolute Gasteiger partial charge is 0.349 e. The van der Waals surface area contributed by atoms with Gasteiger partial charge in [-0.1, -0.05) is 64.1 Å². The minimum Gasteiger partial charge on any atom is -0.511 e. The topological polar surface area (TPSA) is 87.0 Å². The Balaban J connectivity index is 1.89. The van der Waals surface area contributed by atoms with E-state index in [0.717, 1.165) is 33.6 Å². The van der Waals surface area contributed by atoms with E-state index in [1.54, 1.807) is 12.1 Å². The van der Waals surface area contributed by atoms with Crippen molar-refractivity contribution in [2.45, 2.75) is 89.2 Å². The summed E-state index contributed by atoms with van der Waals surface area (Å²) < 4.78 is 6.05. The normalized spacial score (nSPS) is 18.8. The molecule has 0 aliphatic carbocycles. The van der Waals surface area contributed by atoms with Crippen LogP contribution in [0.1, 0.15) is 75.6 Å². The van der Waals surface area contributed by atoms with Gasteiger partial charge in [0.1, 0.15) is 22.0 Å². The van der Waals surface area contributed by atoms with Gasteiger partial charge in [0, 0.05) is 11.3 Å². The molecule has 0 spiro atoms. The molecule has 1 heterocycles. The van der Waals surface area contributed by atoms with Crippen molar-refractivity contribution >= 4 is 17.7 Å². The zero-order chi connectivity index (χ0) is 25.1. The first kappa shape index (κ1) is 26.2. The number of phenols is 1. The molecule has 1 aliphatic heterocycles. The van der Waals surface area contributed by atoms with E-state index in [4.69, 9.17) is 4.74 Å². The molecule has 0 fully saturated rings. The van der Waals surface area contributed by atoms with Crippen LogP contribution in [-0.2, 0) is 28.0 Å². The summed E-state index contributed by atoms with van der Waals surface area (Å²) in [7, 11) is 0. The molecule has 0 saturated heterocycles. The van der Waals surface area contributed by atoms with Crippen LogP contribution in [0.4, 0.5) is 0 Å². The van der Waals surface area contributed by atoms with Crippen molar-refractivity contribution in [1.82, 2.24) is 0 Å². The van der Waals surface area contributed by atoms with E-state index in [9.17, 15) is 20.1 Å². The number of hydrogen-bond donors (Lipinski definition) is 3. The largest absolute Gasteiger partial charge is 0.511 e. The van der Waals surface area contributed by atoms with Gasteiger partial charge in [-0.15, -0.1) is 0 Å². The minimum absolute atomic E-state index is 0.0452. The van der Waals surface area contributed by atoms with Crippen molar-refractivity contribution in [2.75, 3.05) is 0 Å². The van der Waals surface area contributed by atoms with Gasteiger partial charge in [0.25, 0.3) is 0 Å². The second kappa shape index (κ2) is 10.4. The van der Waals surface area contributed by atoms with E-state index < -0.39 is 11.6 Å². The van der Waals surface area contributed by atoms with E-state index in [1.165, 1.54) is 11.8 Å². The van der Waals surface area contributed by atoms with E-state index in [-0.39, 0.29) is 34.9 Å². The Hall–Kier alpha value is -2.44. The van der Waals surface area contributed by atoms with Gasteiger partial charge in [-0.25, -0.2) is 4.79 Å². The number of aliphatic hydroxyl groups excluding tert-OH is 2. The number of aliphatic hydroxyl groups is 2. The number of aryl methyl sites for hydroxylation is 2. The molecule has 184 valence electrons. The Kier molecular flexibility index (Phi) is 8.04. The lowest BCUT2D eigenvalue weighted by Crippen LogP contribution is -2.40. The number of cyclic esters (lactones) is 1. The van der Waals surface area contributed by atoms with E-state index in [1.807, 2.05) is 38.1 Å². The third kappa shape index (κ3) is 5.97. The van der Waals surface area contributed by atoms with Crippen LogP contribution in [-0.4, -0.2) is 26.9 Å². The maximum Gasteiger partial charge on any atom is 0.349 e. The summed E-state index contributed by atoms with van der Waals surface area (Å²) in [6, 6.07) is 11.0. The second-order valence-corrected chi connectivity index (χ2v) is 11.3. The molecule has 2 aromatic rings. The van der Waals surface area contributed by atoms with Crippen LogP contribution in [0.5, 0.6) is 5.75 Å². The molecule has 1 unspecified atom stereocenters. The Bertz CT molecular complexity index is 1070. The van der Waals surface area contributed by atoms with Gasteiger partial charge in [0.15, 0.2) is 0 Å². The predicted octanol–water partition coefficient (Wildman–Crippen LogP) is 6.47. The molecule has 3 rings (SSSR count). The summed E-state index contributed by atoms with van der Waals surface area (Å²) in [5.41, 5.74) is 2.90. The highest BCUT2D eigenvalue weighted by atomic mass is 32.2. The predicted molar refractivity (Wildman–Crippen MR) is 136 cm³/mol. The molecule has 6 heteroatoms. The highest BCUT2D eigenvalue weighted by molar-refractivity contribution is 8.04. The number of benzene rings is 2. The van der Waals surface area contributed by atoms with Gasteiger partial charge < -0.3 is 20.1 Å². The molecule has 3 N–H and O–H groups in total. The first-order valence-corrected chi connectivity index (χ1v) is 12.7. The van der Waals surface area contributed by atoms with Gasteiger partial charge in [-0.2, -0.15) is 0 Å². The molecule has 0 radical (unpaired) electrons. The molecule has 0 bridgehead atoms. The number of thioether (sulfide) groups is 1. The van der Waals surface area contributed by atoms with Crippen molar-refractivity contribution in [1.29, 1.82) is 0 Å². The fourth-order valence-electron chi connectivity index (χ4n) is 4.45. The number of esters is 1. The second-order valence-electron chi connectivity index (χ2n) is 10.2. The van der Waals surface area contributed by atoms with Crippen molar-refractivity contribution < 1.29 is 24.9 Å². The van der Waals surface area contributed by atoms with E-state index in [0.29, 0.717) is 19.3 Å². The van der Waals surface area contributed by atoms with Gasteiger partial charge in [-0.3, -0.25) is 0 Å². The average Bonchev–Trinajstić information content (AvgIpc) is 2.75. The van der Waals surface area contributed by atoms with Gasteiger partial charge >= 0.3 is 5.97 Å². The van der Waals surface area contributed by atoms with Crippen LogP contribution >= 0.6 is 11.8 Å². The van der Waals surface area contributed by atoms with Crippen LogP contribution in [0.3, 0.4) is 0 Å². The maximum absolute atomic E-state index is 13.2. The standard InChI is InChI=1S/C28H36O5S/c1-6-12-28(13-11-19-7-9-21(30)10-8-19)16-23(31)25(26(32)33-28)34-24-14-18(2)20(17-29)15-22(24)27(3,4)5/h7-10,14-15,29-31H,6,11-13,16-17H2,1-5H3. The minimum atomic E-state index is -0.749. The summed E-state index contributed by atoms with van der Waals surface area (Å²) in [6.07, 6.45) is 3.05. The molecular formula is C28H36O5S. The molecule has 0 aromatic heterocycles. The van der Waals surface area contributed by atoms with Gasteiger partial charge in [0.05, 0.1) is 6.61 Å². The monoisotopic (exact) mass is 484 g/mol. The number of rotatable bonds is 8. The Morgan fingerprint density at radius 3 is 2.32 bits per heavy atom. The SMILES string of the molecule is CCCC1(CCc2ccc(O)cc2)CC(O)=C(Sc2cc(C)c(CO)cc2C(C)(C)C)C(=O)O1. The number of carbonyl (C=O) groups is 1. The number of phenolic OH excluding ortho intramolecular Hbond substituents is 1. The molecular weight excluding hydrogens is 448 g/mol. The highest BCUT2D eigenvalue weighted by Crippen LogP contribution is 2.44. The number of aromatic hydroxyl groups is 1. The average molecular weight is 485 g/mol. The quantitative estimate of drug-likeness (QED) is 0.372. The Morgan fingerprint density at radius 1 is 1.09 bits per heavy atom. The summed E-state index contributed by atoms with van der Waals surface area (Å²) in [5, 5.41) is 30.3. The third-order valence-electron chi connectivity index (χ3n) is 6.39. The number of carbonyl (C=O) groups excluding carboxylic acids is 1. The zero-order valence-electron chi connectivity index (χ0n) is 20.8. The van der Waals surface area contributed by atoms with Crippen LogP contribution in [0.15, 0.2) is 52.0 Å². The maximum atomic E-state index is 13.2. The summed E-state index contributed by atoms with van der Waals surface area (Å²) >= 11 is 1.25. The van der Waals surface area contributed by atoms with Crippen LogP contribution < -0.4 is 0 Å². The van der Waals surface area contributed by atoms with E-state index in [2.05, 4.69) is 20.8 Å². The van der Waals surface area contributed by atoms with Crippen molar-refractivity contribution in [2.24, 2.45) is 0 Å². The fourth-order valence-corrected chi connectivity index (χ4v) is 5.70. The fraction of sp³-hybridized carbons (Fsp3) is 0.464. The van der Waals surface area contributed by atoms with Crippen molar-refractivity contribution in [3.05, 3.63) is 69.3 Å².